The second-order valence-corrected chi connectivity index (χ2v) is 8.47. The molecule has 0 aromatic carbocycles. The Morgan fingerprint density at radius 2 is 1.45 bits per heavy atom. The van der Waals surface area contributed by atoms with Crippen molar-refractivity contribution in [3.63, 3.8) is 0 Å². The lowest BCUT2D eigenvalue weighted by Gasteiger charge is -2.22. The first-order valence-corrected chi connectivity index (χ1v) is 9.24. The van der Waals surface area contributed by atoms with E-state index in [2.05, 4.69) is 15.6 Å². The fraction of sp³-hybridized carbons (Fsp3) is 0.824. The molecular weight excluding hydrogens is 429 g/mol. The summed E-state index contributed by atoms with van der Waals surface area (Å²) in [5, 5.41) is 24.3. The Hall–Kier alpha value is -2.64. The van der Waals surface area contributed by atoms with Gasteiger partial charge in [0, 0.05) is 17.9 Å². The SMILES string of the molecule is CC(C)(C)OC(=O)NC(=NCCCC(C(O)C(F)(F)F)[N+](=O)[O-])NC(=O)OC(C)(C)C. The molecule has 2 atom stereocenters. The zero-order valence-corrected chi connectivity index (χ0v) is 18.2. The van der Waals surface area contributed by atoms with Crippen molar-refractivity contribution in [1.29, 1.82) is 0 Å². The molecule has 0 fully saturated rings. The standard InChI is InChI=1S/C17H29F3N4O7/c1-15(2,3)30-13(26)22-12(23-14(27)31-16(4,5)6)21-9-7-8-10(24(28)29)11(25)17(18,19)20/h10-11,25H,7-9H2,1-6H3,(H2,21,22,23,26,27). The van der Waals surface area contributed by atoms with Gasteiger partial charge in [-0.25, -0.2) is 9.59 Å². The van der Waals surface area contributed by atoms with Crippen molar-refractivity contribution in [2.75, 3.05) is 6.54 Å². The Morgan fingerprint density at radius 3 is 1.77 bits per heavy atom. The number of amides is 2. The zero-order valence-electron chi connectivity index (χ0n) is 18.2. The number of nitrogens with zero attached hydrogens (tertiary/aromatic N) is 2. The van der Waals surface area contributed by atoms with Crippen molar-refractivity contribution >= 4 is 18.1 Å². The molecule has 11 nitrogen and oxygen atoms in total. The number of aliphatic hydroxyl groups excluding tert-OH is 1. The van der Waals surface area contributed by atoms with Crippen molar-refractivity contribution in [1.82, 2.24) is 10.6 Å². The third-order valence-electron chi connectivity index (χ3n) is 3.14. The smallest absolute Gasteiger partial charge is 0.421 e. The molecule has 0 radical (unpaired) electrons. The van der Waals surface area contributed by atoms with Crippen LogP contribution >= 0.6 is 0 Å². The highest BCUT2D eigenvalue weighted by Gasteiger charge is 2.49. The summed E-state index contributed by atoms with van der Waals surface area (Å²) in [6, 6.07) is -2.28. The number of hydrogen-bond donors (Lipinski definition) is 3. The number of aliphatic imine (C=N–C) groups is 1. The first-order valence-electron chi connectivity index (χ1n) is 9.24. The maximum absolute atomic E-state index is 12.5. The Balaban J connectivity index is 5.19. The molecule has 0 aromatic heterocycles. The molecule has 14 heteroatoms. The van der Waals surface area contributed by atoms with E-state index in [-0.39, 0.29) is 13.0 Å². The minimum absolute atomic E-state index is 0.256. The van der Waals surface area contributed by atoms with Gasteiger partial charge in [-0.05, 0) is 48.0 Å². The fourth-order valence-electron chi connectivity index (χ4n) is 2.00. The summed E-state index contributed by atoms with van der Waals surface area (Å²) >= 11 is 0. The normalized spacial score (nSPS) is 14.1. The molecule has 0 saturated carbocycles. The highest BCUT2D eigenvalue weighted by atomic mass is 19.4. The van der Waals surface area contributed by atoms with E-state index in [1.165, 1.54) is 0 Å². The van der Waals surface area contributed by atoms with E-state index in [0.717, 1.165) is 0 Å². The summed E-state index contributed by atoms with van der Waals surface area (Å²) < 4.78 is 47.7. The van der Waals surface area contributed by atoms with Gasteiger partial charge in [0.2, 0.25) is 18.1 Å². The summed E-state index contributed by atoms with van der Waals surface area (Å²) in [5.41, 5.74) is -1.73. The number of alkyl carbamates (subject to hydrolysis) is 2. The number of nitro groups is 1. The van der Waals surface area contributed by atoms with Crippen LogP contribution in [-0.4, -0.2) is 64.2 Å². The largest absolute Gasteiger partial charge is 0.444 e. The van der Waals surface area contributed by atoms with Crippen LogP contribution in [0.25, 0.3) is 0 Å². The van der Waals surface area contributed by atoms with Crippen LogP contribution in [0, 0.1) is 10.1 Å². The predicted molar refractivity (Wildman–Crippen MR) is 103 cm³/mol. The van der Waals surface area contributed by atoms with Crippen molar-refractivity contribution in [2.24, 2.45) is 4.99 Å². The van der Waals surface area contributed by atoms with Gasteiger partial charge in [-0.1, -0.05) is 0 Å². The van der Waals surface area contributed by atoms with E-state index in [9.17, 15) is 32.9 Å². The number of halogens is 3. The summed E-state index contributed by atoms with van der Waals surface area (Å²) in [6.45, 7) is 9.24. The first kappa shape index (κ1) is 28.4. The average molecular weight is 458 g/mol. The number of carbonyl (C=O) groups is 2. The van der Waals surface area contributed by atoms with Gasteiger partial charge in [-0.15, -0.1) is 0 Å². The number of aliphatic hydroxyl groups is 1. The van der Waals surface area contributed by atoms with Crippen LogP contribution in [0.3, 0.4) is 0 Å². The molecule has 2 unspecified atom stereocenters. The molecule has 0 aliphatic heterocycles. The lowest BCUT2D eigenvalue weighted by molar-refractivity contribution is -0.545. The number of nitrogens with one attached hydrogen (secondary N) is 2. The summed E-state index contributed by atoms with van der Waals surface area (Å²) in [6.07, 6.45) is -11.1. The molecule has 2 amide bonds. The maximum atomic E-state index is 12.5. The Morgan fingerprint density at radius 1 is 1.03 bits per heavy atom. The van der Waals surface area contributed by atoms with E-state index in [0.29, 0.717) is 0 Å². The number of carbonyl (C=O) groups excluding carboxylic acids is 2. The number of hydrogen-bond acceptors (Lipinski definition) is 8. The van der Waals surface area contributed by atoms with E-state index in [1.54, 1.807) is 41.5 Å². The van der Waals surface area contributed by atoms with Crippen molar-refractivity contribution in [3.8, 4) is 0 Å². The monoisotopic (exact) mass is 458 g/mol. The van der Waals surface area contributed by atoms with Gasteiger partial charge >= 0.3 is 18.4 Å². The van der Waals surface area contributed by atoms with Crippen LogP contribution in [0.5, 0.6) is 0 Å². The first-order chi connectivity index (χ1) is 13.8. The van der Waals surface area contributed by atoms with Gasteiger partial charge in [-0.2, -0.15) is 13.2 Å². The molecule has 0 aliphatic carbocycles. The molecule has 31 heavy (non-hydrogen) atoms. The van der Waals surface area contributed by atoms with Crippen LogP contribution in [0.1, 0.15) is 54.4 Å². The van der Waals surface area contributed by atoms with Crippen LogP contribution in [0.4, 0.5) is 22.8 Å². The number of ether oxygens (including phenoxy) is 2. The second-order valence-electron chi connectivity index (χ2n) is 8.47. The Kier molecular flexibility index (Phi) is 10.2. The van der Waals surface area contributed by atoms with Crippen molar-refractivity contribution < 1.29 is 42.3 Å². The molecule has 0 heterocycles. The second kappa shape index (κ2) is 11.1. The highest BCUT2D eigenvalue weighted by molar-refractivity contribution is 6.01. The molecule has 0 aromatic rings. The molecule has 180 valence electrons. The van der Waals surface area contributed by atoms with Gasteiger partial charge < -0.3 is 14.6 Å². The van der Waals surface area contributed by atoms with Crippen molar-refractivity contribution in [2.45, 2.75) is 83.9 Å². The molecule has 0 aliphatic rings. The quantitative estimate of drug-likeness (QED) is 0.182. The van der Waals surface area contributed by atoms with E-state index in [1.807, 2.05) is 0 Å². The van der Waals surface area contributed by atoms with Gasteiger partial charge in [-0.3, -0.25) is 25.7 Å². The predicted octanol–water partition coefficient (Wildman–Crippen LogP) is 2.74. The minimum Gasteiger partial charge on any atom is -0.444 e. The van der Waals surface area contributed by atoms with E-state index < -0.39 is 59.0 Å². The van der Waals surface area contributed by atoms with E-state index in [4.69, 9.17) is 14.6 Å². The summed E-state index contributed by atoms with van der Waals surface area (Å²) in [7, 11) is 0. The van der Waals surface area contributed by atoms with Gasteiger partial charge in [0.1, 0.15) is 11.2 Å². The van der Waals surface area contributed by atoms with Crippen molar-refractivity contribution in [3.05, 3.63) is 10.1 Å². The van der Waals surface area contributed by atoms with Gasteiger partial charge in [0.05, 0.1) is 0 Å². The number of rotatable bonds is 6. The molecule has 0 bridgehead atoms. The van der Waals surface area contributed by atoms with Gasteiger partial charge in [0.15, 0.2) is 0 Å². The highest BCUT2D eigenvalue weighted by Crippen LogP contribution is 2.25. The van der Waals surface area contributed by atoms with E-state index >= 15 is 0 Å². The Bertz CT molecular complexity index is 638. The maximum Gasteiger partial charge on any atom is 0.421 e. The minimum atomic E-state index is -5.15. The Labute approximate surface area is 177 Å². The number of guanidine groups is 1. The molecule has 0 spiro atoms. The molecule has 3 N–H and O–H groups in total. The average Bonchev–Trinajstić information content (AvgIpc) is 2.48. The van der Waals surface area contributed by atoms with Crippen LogP contribution in [0.2, 0.25) is 0 Å². The lowest BCUT2D eigenvalue weighted by Crippen LogP contribution is -2.47. The van der Waals surface area contributed by atoms with Crippen LogP contribution in [-0.2, 0) is 9.47 Å². The topological polar surface area (TPSA) is 152 Å². The zero-order chi connectivity index (χ0) is 24.6. The number of alkyl halides is 3. The third kappa shape index (κ3) is 13.3. The fourth-order valence-corrected chi connectivity index (χ4v) is 2.00. The third-order valence-corrected chi connectivity index (χ3v) is 3.14. The molecule has 0 saturated heterocycles. The lowest BCUT2D eigenvalue weighted by atomic mass is 10.1. The van der Waals surface area contributed by atoms with Crippen LogP contribution < -0.4 is 10.6 Å². The van der Waals surface area contributed by atoms with Crippen LogP contribution in [0.15, 0.2) is 4.99 Å². The van der Waals surface area contributed by atoms with Gasteiger partial charge in [0.25, 0.3) is 0 Å². The summed E-state index contributed by atoms with van der Waals surface area (Å²) in [5.74, 6) is -0.419. The summed E-state index contributed by atoms with van der Waals surface area (Å²) in [4.78, 5) is 37.3. The molecular formula is C17H29F3N4O7. The molecule has 0 rings (SSSR count).